The molecular formula is C18H18N2O3. The molecule has 1 aliphatic heterocycles. The van der Waals surface area contributed by atoms with Gasteiger partial charge in [0.2, 0.25) is 0 Å². The predicted octanol–water partition coefficient (Wildman–Crippen LogP) is 3.75. The number of para-hydroxylation sites is 2. The molecule has 1 saturated heterocycles. The van der Waals surface area contributed by atoms with Gasteiger partial charge in [-0.05, 0) is 38.0 Å². The summed E-state index contributed by atoms with van der Waals surface area (Å²) in [5, 5.41) is 0. The van der Waals surface area contributed by atoms with Gasteiger partial charge in [-0.15, -0.1) is 0 Å². The average molecular weight is 310 g/mol. The van der Waals surface area contributed by atoms with E-state index in [1.54, 1.807) is 6.26 Å². The number of carbonyl (C=O) groups excluding carboxylic acids is 1. The summed E-state index contributed by atoms with van der Waals surface area (Å²) in [5.74, 6) is 1.48. The van der Waals surface area contributed by atoms with Crippen LogP contribution in [0.3, 0.4) is 0 Å². The number of furan rings is 1. The van der Waals surface area contributed by atoms with Gasteiger partial charge >= 0.3 is 0 Å². The Bertz CT molecular complexity index is 808. The zero-order valence-electron chi connectivity index (χ0n) is 13.0. The molecule has 5 heteroatoms. The summed E-state index contributed by atoms with van der Waals surface area (Å²) in [5.41, 5.74) is 2.61. The fraction of sp³-hybridized carbons (Fsp3) is 0.333. The van der Waals surface area contributed by atoms with Crippen molar-refractivity contribution in [2.24, 2.45) is 0 Å². The first-order valence-electron chi connectivity index (χ1n) is 7.91. The van der Waals surface area contributed by atoms with Gasteiger partial charge in [0, 0.05) is 24.6 Å². The Balaban J connectivity index is 1.46. The van der Waals surface area contributed by atoms with Crippen LogP contribution in [0, 0.1) is 6.92 Å². The first-order chi connectivity index (χ1) is 11.2. The Hall–Kier alpha value is -2.56. The minimum atomic E-state index is -0.0245. The lowest BCUT2D eigenvalue weighted by Crippen LogP contribution is -2.38. The van der Waals surface area contributed by atoms with E-state index in [4.69, 9.17) is 8.83 Å². The third-order valence-corrected chi connectivity index (χ3v) is 4.50. The van der Waals surface area contributed by atoms with Crippen molar-refractivity contribution in [2.75, 3.05) is 13.1 Å². The van der Waals surface area contributed by atoms with Gasteiger partial charge in [-0.2, -0.15) is 0 Å². The monoisotopic (exact) mass is 310 g/mol. The molecule has 0 saturated carbocycles. The van der Waals surface area contributed by atoms with Gasteiger partial charge in [-0.1, -0.05) is 12.1 Å². The number of hydrogen-bond donors (Lipinski definition) is 0. The molecular weight excluding hydrogens is 292 g/mol. The fourth-order valence-electron chi connectivity index (χ4n) is 3.13. The first kappa shape index (κ1) is 14.1. The maximum Gasteiger partial charge on any atom is 0.289 e. The second-order valence-corrected chi connectivity index (χ2v) is 6.02. The molecule has 1 aromatic carbocycles. The Kier molecular flexibility index (Phi) is 3.41. The molecule has 118 valence electrons. The summed E-state index contributed by atoms with van der Waals surface area (Å²) < 4.78 is 11.2. The molecule has 0 unspecified atom stereocenters. The summed E-state index contributed by atoms with van der Waals surface area (Å²) in [7, 11) is 0. The molecule has 1 amide bonds. The highest BCUT2D eigenvalue weighted by Gasteiger charge is 2.29. The normalized spacial score (nSPS) is 16.1. The molecule has 4 rings (SSSR count). The van der Waals surface area contributed by atoms with Crippen LogP contribution in [0.2, 0.25) is 0 Å². The number of rotatable bonds is 2. The highest BCUT2D eigenvalue weighted by atomic mass is 16.3. The van der Waals surface area contributed by atoms with Gasteiger partial charge in [0.1, 0.15) is 5.52 Å². The second kappa shape index (κ2) is 5.57. The summed E-state index contributed by atoms with van der Waals surface area (Å²) in [6, 6.07) is 9.62. The van der Waals surface area contributed by atoms with Crippen LogP contribution < -0.4 is 0 Å². The molecule has 23 heavy (non-hydrogen) atoms. The number of piperidine rings is 1. The fourth-order valence-corrected chi connectivity index (χ4v) is 3.13. The van der Waals surface area contributed by atoms with Crippen molar-refractivity contribution in [3.63, 3.8) is 0 Å². The standard InChI is InChI=1S/C18H18N2O3/c1-12-8-11-22-16(12)18(21)20-9-6-13(7-10-20)17-19-14-4-2-3-5-15(14)23-17/h2-5,8,11,13H,6-7,9-10H2,1H3. The van der Waals surface area contributed by atoms with Gasteiger partial charge in [-0.3, -0.25) is 4.79 Å². The largest absolute Gasteiger partial charge is 0.459 e. The zero-order valence-corrected chi connectivity index (χ0v) is 13.0. The van der Waals surface area contributed by atoms with E-state index in [0.29, 0.717) is 18.8 Å². The maximum atomic E-state index is 12.5. The maximum absolute atomic E-state index is 12.5. The van der Waals surface area contributed by atoms with E-state index in [1.807, 2.05) is 42.2 Å². The van der Waals surface area contributed by atoms with E-state index >= 15 is 0 Å². The molecule has 0 N–H and O–H groups in total. The minimum absolute atomic E-state index is 0.0245. The third kappa shape index (κ3) is 2.52. The van der Waals surface area contributed by atoms with E-state index in [-0.39, 0.29) is 11.8 Å². The lowest BCUT2D eigenvalue weighted by molar-refractivity contribution is 0.0673. The van der Waals surface area contributed by atoms with Gasteiger partial charge in [-0.25, -0.2) is 4.98 Å². The van der Waals surface area contributed by atoms with Crippen LogP contribution >= 0.6 is 0 Å². The summed E-state index contributed by atoms with van der Waals surface area (Å²) in [6.45, 7) is 3.28. The highest BCUT2D eigenvalue weighted by Crippen LogP contribution is 2.30. The van der Waals surface area contributed by atoms with E-state index in [1.165, 1.54) is 0 Å². The van der Waals surface area contributed by atoms with Crippen molar-refractivity contribution in [3.8, 4) is 0 Å². The molecule has 0 radical (unpaired) electrons. The third-order valence-electron chi connectivity index (χ3n) is 4.50. The van der Waals surface area contributed by atoms with Crippen LogP contribution in [0.5, 0.6) is 0 Å². The van der Waals surface area contributed by atoms with Crippen molar-refractivity contribution in [1.82, 2.24) is 9.88 Å². The number of aromatic nitrogens is 1. The number of amides is 1. The SMILES string of the molecule is Cc1ccoc1C(=O)N1CCC(c2nc3ccccc3o2)CC1. The van der Waals surface area contributed by atoms with Gasteiger partial charge in [0.05, 0.1) is 6.26 Å². The molecule has 3 aromatic rings. The number of likely N-dealkylation sites (tertiary alicyclic amines) is 1. The Morgan fingerprint density at radius 3 is 2.70 bits per heavy atom. The van der Waals surface area contributed by atoms with E-state index in [2.05, 4.69) is 4.98 Å². The number of fused-ring (bicyclic) bond motifs is 1. The van der Waals surface area contributed by atoms with Gasteiger partial charge in [0.25, 0.3) is 5.91 Å². The lowest BCUT2D eigenvalue weighted by atomic mass is 9.96. The molecule has 1 aliphatic rings. The van der Waals surface area contributed by atoms with E-state index in [0.717, 1.165) is 35.4 Å². The number of aryl methyl sites for hydroxylation is 1. The number of benzene rings is 1. The van der Waals surface area contributed by atoms with Crippen molar-refractivity contribution in [2.45, 2.75) is 25.7 Å². The molecule has 3 heterocycles. The first-order valence-corrected chi connectivity index (χ1v) is 7.91. The van der Waals surface area contributed by atoms with Crippen LogP contribution in [0.1, 0.15) is 40.8 Å². The molecule has 0 aliphatic carbocycles. The van der Waals surface area contributed by atoms with Crippen LogP contribution in [0.25, 0.3) is 11.1 Å². The van der Waals surface area contributed by atoms with Crippen LogP contribution in [-0.4, -0.2) is 28.9 Å². The quantitative estimate of drug-likeness (QED) is 0.723. The van der Waals surface area contributed by atoms with Crippen molar-refractivity contribution < 1.29 is 13.6 Å². The Morgan fingerprint density at radius 2 is 2.00 bits per heavy atom. The highest BCUT2D eigenvalue weighted by molar-refractivity contribution is 5.92. The molecule has 2 aromatic heterocycles. The van der Waals surface area contributed by atoms with Crippen molar-refractivity contribution in [1.29, 1.82) is 0 Å². The van der Waals surface area contributed by atoms with E-state index in [9.17, 15) is 4.79 Å². The number of carbonyl (C=O) groups is 1. The summed E-state index contributed by atoms with van der Waals surface area (Å²) in [6.07, 6.45) is 3.28. The Morgan fingerprint density at radius 1 is 1.22 bits per heavy atom. The van der Waals surface area contributed by atoms with Crippen LogP contribution in [0.4, 0.5) is 0 Å². The number of oxazole rings is 1. The van der Waals surface area contributed by atoms with Gasteiger partial charge < -0.3 is 13.7 Å². The number of hydrogen-bond acceptors (Lipinski definition) is 4. The molecule has 1 fully saturated rings. The second-order valence-electron chi connectivity index (χ2n) is 6.02. The van der Waals surface area contributed by atoms with Crippen LogP contribution in [-0.2, 0) is 0 Å². The predicted molar refractivity (Wildman–Crippen MR) is 85.3 cm³/mol. The minimum Gasteiger partial charge on any atom is -0.459 e. The molecule has 0 bridgehead atoms. The topological polar surface area (TPSA) is 59.5 Å². The van der Waals surface area contributed by atoms with Crippen LogP contribution in [0.15, 0.2) is 45.4 Å². The number of nitrogens with zero attached hydrogens (tertiary/aromatic N) is 2. The molecule has 0 spiro atoms. The molecule has 0 atom stereocenters. The van der Waals surface area contributed by atoms with Gasteiger partial charge in [0.15, 0.2) is 17.2 Å². The smallest absolute Gasteiger partial charge is 0.289 e. The summed E-state index contributed by atoms with van der Waals surface area (Å²) in [4.78, 5) is 18.9. The van der Waals surface area contributed by atoms with E-state index < -0.39 is 0 Å². The lowest BCUT2D eigenvalue weighted by Gasteiger charge is -2.30. The zero-order chi connectivity index (χ0) is 15.8. The average Bonchev–Trinajstić information content (AvgIpc) is 3.20. The van der Waals surface area contributed by atoms with Crippen molar-refractivity contribution in [3.05, 3.63) is 53.8 Å². The Labute approximate surface area is 133 Å². The summed E-state index contributed by atoms with van der Waals surface area (Å²) >= 11 is 0. The molecule has 5 nitrogen and oxygen atoms in total. The van der Waals surface area contributed by atoms with Crippen molar-refractivity contribution >= 4 is 17.0 Å².